The van der Waals surface area contributed by atoms with Gasteiger partial charge < -0.3 is 19.5 Å². The fourth-order valence-corrected chi connectivity index (χ4v) is 4.94. The third-order valence-corrected chi connectivity index (χ3v) is 6.83. The molecule has 10 heteroatoms. The molecule has 2 aliphatic rings. The second-order valence-corrected chi connectivity index (χ2v) is 9.23. The number of hydrogen-bond donors (Lipinski definition) is 1. The predicted molar refractivity (Wildman–Crippen MR) is 125 cm³/mol. The average molecular weight is 503 g/mol. The number of urea groups is 1. The van der Waals surface area contributed by atoms with Gasteiger partial charge in [0.25, 0.3) is 0 Å². The number of aromatic nitrogens is 2. The lowest BCUT2D eigenvalue weighted by atomic mass is 9.84. The van der Waals surface area contributed by atoms with E-state index < -0.39 is 11.7 Å². The highest BCUT2D eigenvalue weighted by atomic mass is 19.4. The molecule has 5 rings (SSSR count). The predicted octanol–water partition coefficient (Wildman–Crippen LogP) is 5.26. The number of likely N-dealkylation sites (tertiary alicyclic amines) is 1. The van der Waals surface area contributed by atoms with Crippen molar-refractivity contribution in [3.05, 3.63) is 77.5 Å². The van der Waals surface area contributed by atoms with E-state index in [1.807, 2.05) is 0 Å². The Kier molecular flexibility index (Phi) is 6.70. The molecule has 2 atom stereocenters. The summed E-state index contributed by atoms with van der Waals surface area (Å²) in [4.78, 5) is 24.6. The smallest absolute Gasteiger partial charge is 0.378 e. The van der Waals surface area contributed by atoms with Crippen LogP contribution in [0.3, 0.4) is 0 Å². The molecule has 36 heavy (non-hydrogen) atoms. The summed E-state index contributed by atoms with van der Waals surface area (Å²) in [5.41, 5.74) is 1.35. The molecular weight excluding hydrogens is 476 g/mol. The molecule has 0 radical (unpaired) electrons. The van der Waals surface area contributed by atoms with E-state index in [1.54, 1.807) is 28.1 Å². The van der Waals surface area contributed by atoms with E-state index in [0.717, 1.165) is 17.7 Å². The van der Waals surface area contributed by atoms with Gasteiger partial charge >= 0.3 is 12.2 Å². The first-order valence-corrected chi connectivity index (χ1v) is 11.9. The Labute approximate surface area is 205 Å². The largest absolute Gasteiger partial charge is 0.416 e. The second kappa shape index (κ2) is 9.93. The molecule has 6 nitrogen and oxygen atoms in total. The van der Waals surface area contributed by atoms with Crippen molar-refractivity contribution in [3.8, 4) is 11.3 Å². The van der Waals surface area contributed by atoms with Crippen molar-refractivity contribution >= 4 is 6.03 Å². The van der Waals surface area contributed by atoms with Crippen LogP contribution < -0.4 is 0 Å². The first-order chi connectivity index (χ1) is 17.3. The number of amides is 2. The van der Waals surface area contributed by atoms with Crippen molar-refractivity contribution in [3.63, 3.8) is 0 Å². The lowest BCUT2D eigenvalue weighted by Gasteiger charge is -2.40. The Hall–Kier alpha value is -3.40. The van der Waals surface area contributed by atoms with Crippen molar-refractivity contribution in [1.82, 2.24) is 19.8 Å². The molecule has 0 saturated carbocycles. The summed E-state index contributed by atoms with van der Waals surface area (Å²) in [6.45, 7) is 2.75. The van der Waals surface area contributed by atoms with Crippen LogP contribution in [0.1, 0.15) is 35.2 Å². The fourth-order valence-electron chi connectivity index (χ4n) is 4.94. The second-order valence-electron chi connectivity index (χ2n) is 9.23. The molecule has 1 aromatic heterocycles. The van der Waals surface area contributed by atoms with Gasteiger partial charge in [-0.05, 0) is 36.2 Å². The maximum Gasteiger partial charge on any atom is 0.416 e. The van der Waals surface area contributed by atoms with E-state index in [0.29, 0.717) is 62.9 Å². The summed E-state index contributed by atoms with van der Waals surface area (Å²) < 4.78 is 58.3. The molecular formula is C26H26F4N4O2. The Morgan fingerprint density at radius 3 is 2.42 bits per heavy atom. The molecule has 2 saturated heterocycles. The highest BCUT2D eigenvalue weighted by molar-refractivity contribution is 5.75. The monoisotopic (exact) mass is 502 g/mol. The average Bonchev–Trinajstić information content (AvgIpc) is 3.39. The van der Waals surface area contributed by atoms with Gasteiger partial charge in [0.15, 0.2) is 0 Å². The summed E-state index contributed by atoms with van der Waals surface area (Å²) in [6, 6.07) is 11.2. The number of ether oxygens (including phenoxy) is 1. The molecule has 2 unspecified atom stereocenters. The highest BCUT2D eigenvalue weighted by Gasteiger charge is 2.36. The molecule has 2 aromatic carbocycles. The number of imidazole rings is 1. The van der Waals surface area contributed by atoms with Crippen LogP contribution in [0.2, 0.25) is 0 Å². The third kappa shape index (κ3) is 5.23. The zero-order chi connectivity index (χ0) is 25.3. The van der Waals surface area contributed by atoms with Crippen LogP contribution in [0.4, 0.5) is 22.4 Å². The topological polar surface area (TPSA) is 61.5 Å². The normalized spacial score (nSPS) is 21.0. The van der Waals surface area contributed by atoms with E-state index in [4.69, 9.17) is 4.74 Å². The minimum atomic E-state index is -4.41. The van der Waals surface area contributed by atoms with Crippen molar-refractivity contribution in [2.24, 2.45) is 0 Å². The minimum absolute atomic E-state index is 0.114. The molecule has 190 valence electrons. The van der Waals surface area contributed by atoms with Crippen molar-refractivity contribution < 1.29 is 27.1 Å². The Bertz CT molecular complexity index is 1210. The standard InChI is InChI=1S/C26H26F4N4O2/c27-22-3-1-2-18(13-22)23-14-31-24(32-23)20-12-19(17-4-6-21(7-5-17)26(28,29)30)15-34(16-20)25(35)33-8-10-36-11-9-33/h1-7,13-14,19-20H,8-12,15-16H2,(H,31,32). The number of carbonyl (C=O) groups excluding carboxylic acids is 1. The van der Waals surface area contributed by atoms with Crippen molar-refractivity contribution in [1.29, 1.82) is 0 Å². The van der Waals surface area contributed by atoms with E-state index >= 15 is 0 Å². The number of halogens is 4. The van der Waals surface area contributed by atoms with Gasteiger partial charge in [0.1, 0.15) is 11.6 Å². The van der Waals surface area contributed by atoms with Crippen LogP contribution in [0.5, 0.6) is 0 Å². The van der Waals surface area contributed by atoms with E-state index in [-0.39, 0.29) is 23.7 Å². The molecule has 2 aliphatic heterocycles. The number of H-pyrrole nitrogens is 1. The van der Waals surface area contributed by atoms with Gasteiger partial charge in [0.05, 0.1) is 30.7 Å². The van der Waals surface area contributed by atoms with E-state index in [1.165, 1.54) is 24.3 Å². The molecule has 1 N–H and O–H groups in total. The Balaban J connectivity index is 1.42. The SMILES string of the molecule is O=C(N1CCOCC1)N1CC(c2ccc(C(F)(F)F)cc2)CC(c2ncc(-c3cccc(F)c3)[nH]2)C1. The van der Waals surface area contributed by atoms with Crippen LogP contribution in [0.15, 0.2) is 54.7 Å². The highest BCUT2D eigenvalue weighted by Crippen LogP contribution is 2.37. The summed E-state index contributed by atoms with van der Waals surface area (Å²) in [7, 11) is 0. The van der Waals surface area contributed by atoms with Crippen LogP contribution in [-0.2, 0) is 10.9 Å². The van der Waals surface area contributed by atoms with Crippen LogP contribution in [0, 0.1) is 5.82 Å². The fraction of sp³-hybridized carbons (Fsp3) is 0.385. The van der Waals surface area contributed by atoms with Gasteiger partial charge in [-0.3, -0.25) is 0 Å². The van der Waals surface area contributed by atoms with Crippen LogP contribution in [-0.4, -0.2) is 65.2 Å². The number of nitrogens with zero attached hydrogens (tertiary/aromatic N) is 3. The number of piperidine rings is 1. The first-order valence-electron chi connectivity index (χ1n) is 11.9. The number of alkyl halides is 3. The molecule has 3 aromatic rings. The van der Waals surface area contributed by atoms with Gasteiger partial charge in [-0.1, -0.05) is 24.3 Å². The Morgan fingerprint density at radius 2 is 1.72 bits per heavy atom. The van der Waals surface area contributed by atoms with Gasteiger partial charge in [0.2, 0.25) is 0 Å². The molecule has 3 heterocycles. The van der Waals surface area contributed by atoms with Crippen LogP contribution >= 0.6 is 0 Å². The zero-order valence-electron chi connectivity index (χ0n) is 19.5. The van der Waals surface area contributed by atoms with Gasteiger partial charge in [-0.25, -0.2) is 14.2 Å². The van der Waals surface area contributed by atoms with E-state index in [9.17, 15) is 22.4 Å². The molecule has 0 bridgehead atoms. The third-order valence-electron chi connectivity index (χ3n) is 6.83. The molecule has 0 spiro atoms. The number of aromatic amines is 1. The summed E-state index contributed by atoms with van der Waals surface area (Å²) in [5, 5.41) is 0. The van der Waals surface area contributed by atoms with Gasteiger partial charge in [-0.15, -0.1) is 0 Å². The maximum absolute atomic E-state index is 13.7. The quantitative estimate of drug-likeness (QED) is 0.497. The summed E-state index contributed by atoms with van der Waals surface area (Å²) in [5.74, 6) is -0.0336. The summed E-state index contributed by atoms with van der Waals surface area (Å²) in [6.07, 6.45) is -2.16. The summed E-state index contributed by atoms with van der Waals surface area (Å²) >= 11 is 0. The number of rotatable bonds is 3. The lowest BCUT2D eigenvalue weighted by Crippen LogP contribution is -2.52. The number of benzene rings is 2. The number of nitrogens with one attached hydrogen (secondary N) is 1. The number of hydrogen-bond acceptors (Lipinski definition) is 3. The number of carbonyl (C=O) groups is 1. The maximum atomic E-state index is 13.7. The van der Waals surface area contributed by atoms with Crippen LogP contribution in [0.25, 0.3) is 11.3 Å². The molecule has 0 aliphatic carbocycles. The molecule has 2 fully saturated rings. The minimum Gasteiger partial charge on any atom is -0.378 e. The van der Waals surface area contributed by atoms with E-state index in [2.05, 4.69) is 9.97 Å². The van der Waals surface area contributed by atoms with Gasteiger partial charge in [0, 0.05) is 43.6 Å². The van der Waals surface area contributed by atoms with Crippen molar-refractivity contribution in [2.45, 2.75) is 24.4 Å². The van der Waals surface area contributed by atoms with Gasteiger partial charge in [-0.2, -0.15) is 13.2 Å². The first kappa shape index (κ1) is 24.3. The lowest BCUT2D eigenvalue weighted by molar-refractivity contribution is -0.137. The zero-order valence-corrected chi connectivity index (χ0v) is 19.5. The number of morpholine rings is 1. The van der Waals surface area contributed by atoms with Crippen molar-refractivity contribution in [2.75, 3.05) is 39.4 Å². The molecule has 2 amide bonds. The Morgan fingerprint density at radius 1 is 1.00 bits per heavy atom.